The van der Waals surface area contributed by atoms with Gasteiger partial charge < -0.3 is 25.5 Å². The van der Waals surface area contributed by atoms with Crippen LogP contribution in [0.25, 0.3) is 18.2 Å². The first-order chi connectivity index (χ1) is 20.4. The van der Waals surface area contributed by atoms with Crippen LogP contribution in [0.15, 0.2) is 33.5 Å². The molecule has 2 aliphatic heterocycles. The summed E-state index contributed by atoms with van der Waals surface area (Å²) in [6.07, 6.45) is 8.45. The van der Waals surface area contributed by atoms with Gasteiger partial charge in [0.1, 0.15) is 0 Å². The van der Waals surface area contributed by atoms with E-state index >= 15 is 0 Å². The lowest BCUT2D eigenvalue weighted by Gasteiger charge is -2.03. The van der Waals surface area contributed by atoms with Crippen LogP contribution in [0.4, 0.5) is 0 Å². The smallest absolute Gasteiger partial charge is 0.303 e. The Balaban J connectivity index is 1.91. The highest BCUT2D eigenvalue weighted by Gasteiger charge is 2.29. The van der Waals surface area contributed by atoms with Gasteiger partial charge >= 0.3 is 11.9 Å². The number of nitrogens with one attached hydrogen (secondary N) is 3. The number of carboxylic acid groups (broad SMARTS) is 2. The van der Waals surface area contributed by atoms with E-state index in [1.807, 2.05) is 65.8 Å². The fraction of sp³-hybridized carbons (Fsp3) is 0.364. The van der Waals surface area contributed by atoms with E-state index in [0.717, 1.165) is 39.1 Å². The summed E-state index contributed by atoms with van der Waals surface area (Å²) in [6.45, 7) is 11.3. The number of allylic oxidation sites excluding steroid dienone is 3. The molecule has 2 aromatic rings. The van der Waals surface area contributed by atoms with Crippen LogP contribution in [0.2, 0.25) is 0 Å². The van der Waals surface area contributed by atoms with Crippen LogP contribution >= 0.6 is 0 Å². The SMILES string of the molecule is CC=C1/C(=C/c2[nH]c(/C=c3\[nH]/c(=C\C4=NC(=O)C(CC)=C4C)c(C)c3CCC(=O)O)c(CCC(=O)O)c2C)NC(=O)[C@@H]1C. The first-order valence-electron chi connectivity index (χ1n) is 14.4. The van der Waals surface area contributed by atoms with Crippen LogP contribution in [0.3, 0.4) is 0 Å². The summed E-state index contributed by atoms with van der Waals surface area (Å²) in [7, 11) is 0. The highest BCUT2D eigenvalue weighted by Crippen LogP contribution is 2.29. The predicted molar refractivity (Wildman–Crippen MR) is 165 cm³/mol. The molecule has 0 aliphatic carbocycles. The minimum Gasteiger partial charge on any atom is -0.481 e. The molecule has 4 rings (SSSR count). The van der Waals surface area contributed by atoms with Gasteiger partial charge in [-0.3, -0.25) is 19.2 Å². The molecule has 0 bridgehead atoms. The molecule has 0 spiro atoms. The second-order valence-electron chi connectivity index (χ2n) is 11.0. The summed E-state index contributed by atoms with van der Waals surface area (Å²) in [5, 5.41) is 23.2. The van der Waals surface area contributed by atoms with E-state index in [4.69, 9.17) is 0 Å². The minimum atomic E-state index is -0.923. The van der Waals surface area contributed by atoms with Gasteiger partial charge in [-0.1, -0.05) is 13.0 Å². The number of aromatic amines is 2. The molecular weight excluding hydrogens is 548 g/mol. The highest BCUT2D eigenvalue weighted by atomic mass is 16.4. The van der Waals surface area contributed by atoms with Gasteiger partial charge in [0, 0.05) is 46.2 Å². The van der Waals surface area contributed by atoms with Crippen molar-refractivity contribution in [3.63, 3.8) is 0 Å². The quantitative estimate of drug-likeness (QED) is 0.286. The molecule has 0 radical (unpaired) electrons. The molecule has 43 heavy (non-hydrogen) atoms. The topological polar surface area (TPSA) is 165 Å². The van der Waals surface area contributed by atoms with E-state index in [1.54, 1.807) is 0 Å². The third kappa shape index (κ3) is 6.38. The molecule has 1 fully saturated rings. The van der Waals surface area contributed by atoms with Crippen molar-refractivity contribution in [2.75, 3.05) is 0 Å². The average molecular weight is 587 g/mol. The summed E-state index contributed by atoms with van der Waals surface area (Å²) in [4.78, 5) is 58.8. The molecule has 0 unspecified atom stereocenters. The lowest BCUT2D eigenvalue weighted by molar-refractivity contribution is -0.138. The van der Waals surface area contributed by atoms with E-state index in [0.29, 0.717) is 39.8 Å². The molecule has 1 atom stereocenters. The van der Waals surface area contributed by atoms with Crippen molar-refractivity contribution in [1.82, 2.24) is 15.3 Å². The minimum absolute atomic E-state index is 0.0721. The van der Waals surface area contributed by atoms with Gasteiger partial charge in [-0.05, 0) is 106 Å². The van der Waals surface area contributed by atoms with Gasteiger partial charge in [-0.2, -0.15) is 0 Å². The van der Waals surface area contributed by atoms with E-state index in [-0.39, 0.29) is 43.4 Å². The fourth-order valence-corrected chi connectivity index (χ4v) is 5.77. The number of hydrogen-bond donors (Lipinski definition) is 5. The number of amides is 2. The summed E-state index contributed by atoms with van der Waals surface area (Å²) in [6, 6.07) is 0. The Labute approximate surface area is 249 Å². The highest BCUT2D eigenvalue weighted by molar-refractivity contribution is 6.30. The largest absolute Gasteiger partial charge is 0.481 e. The molecule has 0 aromatic carbocycles. The monoisotopic (exact) mass is 586 g/mol. The number of nitrogens with zero attached hydrogens (tertiary/aromatic N) is 1. The number of carbonyl (C=O) groups excluding carboxylic acids is 2. The van der Waals surface area contributed by atoms with Crippen LogP contribution in [0, 0.1) is 19.8 Å². The molecule has 10 heteroatoms. The van der Waals surface area contributed by atoms with E-state index < -0.39 is 11.9 Å². The van der Waals surface area contributed by atoms with E-state index in [2.05, 4.69) is 20.3 Å². The summed E-state index contributed by atoms with van der Waals surface area (Å²) in [5.41, 5.74) is 8.40. The van der Waals surface area contributed by atoms with Crippen LogP contribution in [0.1, 0.15) is 80.6 Å². The Kier molecular flexibility index (Phi) is 9.18. The van der Waals surface area contributed by atoms with Gasteiger partial charge in [0.15, 0.2) is 0 Å². The first kappa shape index (κ1) is 31.2. The van der Waals surface area contributed by atoms with Crippen LogP contribution < -0.4 is 16.0 Å². The summed E-state index contributed by atoms with van der Waals surface area (Å²) in [5.74, 6) is -2.44. The Hall–Kier alpha value is -4.73. The maximum Gasteiger partial charge on any atom is 0.303 e. The zero-order chi connectivity index (χ0) is 31.6. The summed E-state index contributed by atoms with van der Waals surface area (Å²) < 4.78 is 0. The Morgan fingerprint density at radius 2 is 1.53 bits per heavy atom. The first-order valence-corrected chi connectivity index (χ1v) is 14.4. The molecule has 2 aromatic heterocycles. The van der Waals surface area contributed by atoms with Crippen molar-refractivity contribution in [2.45, 2.75) is 73.6 Å². The molecule has 0 saturated carbocycles. The standard InChI is InChI=1S/C33H38N4O6/c1-7-20-19(6)32(42)37-27(20)14-25-18(5)23(10-12-31(40)41)29(35-25)15-28-22(9-11-30(38)39)17(4)24(34-28)13-26-16(3)21(8-2)33(43)36-26/h7,13-15,19,34-35H,8-12H2,1-6H3,(H,37,42)(H,38,39)(H,40,41)/b20-7?,24-13-,27-14-,28-15-/t19-/m1/s1. The van der Waals surface area contributed by atoms with Crippen LogP contribution in [0.5, 0.6) is 0 Å². The number of carbonyl (C=O) groups is 4. The van der Waals surface area contributed by atoms with Crippen LogP contribution in [-0.2, 0) is 32.0 Å². The van der Waals surface area contributed by atoms with Gasteiger partial charge in [-0.15, -0.1) is 0 Å². The molecule has 2 amide bonds. The third-order valence-electron chi connectivity index (χ3n) is 8.35. The molecule has 10 nitrogen and oxygen atoms in total. The lowest BCUT2D eigenvalue weighted by atomic mass is 10.00. The van der Waals surface area contributed by atoms with Crippen LogP contribution in [-0.4, -0.2) is 49.6 Å². The average Bonchev–Trinajstić information content (AvgIpc) is 3.59. The van der Waals surface area contributed by atoms with Gasteiger partial charge in [0.05, 0.1) is 11.6 Å². The maximum atomic E-state index is 12.3. The molecule has 226 valence electrons. The molecular formula is C33H38N4O6. The molecule has 5 N–H and O–H groups in total. The Morgan fingerprint density at radius 3 is 2.12 bits per heavy atom. The number of aliphatic carboxylic acids is 2. The maximum absolute atomic E-state index is 12.3. The lowest BCUT2D eigenvalue weighted by Crippen LogP contribution is -2.16. The van der Waals surface area contributed by atoms with E-state index in [1.165, 1.54) is 0 Å². The van der Waals surface area contributed by atoms with Crippen molar-refractivity contribution in [3.8, 4) is 0 Å². The van der Waals surface area contributed by atoms with Gasteiger partial charge in [0.2, 0.25) is 5.91 Å². The molecule has 2 aliphatic rings. The van der Waals surface area contributed by atoms with Crippen molar-refractivity contribution in [2.24, 2.45) is 10.9 Å². The number of H-pyrrole nitrogens is 2. The van der Waals surface area contributed by atoms with Gasteiger partial charge in [-0.25, -0.2) is 4.99 Å². The number of rotatable bonds is 10. The van der Waals surface area contributed by atoms with Crippen molar-refractivity contribution >= 4 is 47.7 Å². The third-order valence-corrected chi connectivity index (χ3v) is 8.35. The number of aromatic nitrogens is 2. The summed E-state index contributed by atoms with van der Waals surface area (Å²) >= 11 is 0. The second-order valence-corrected chi connectivity index (χ2v) is 11.0. The zero-order valence-corrected chi connectivity index (χ0v) is 25.4. The zero-order valence-electron chi connectivity index (χ0n) is 25.4. The number of aliphatic imine (C=N–C) groups is 1. The van der Waals surface area contributed by atoms with E-state index in [9.17, 15) is 29.4 Å². The normalized spacial score (nSPS) is 19.8. The second kappa shape index (κ2) is 12.6. The van der Waals surface area contributed by atoms with Crippen molar-refractivity contribution in [3.05, 3.63) is 72.8 Å². The van der Waals surface area contributed by atoms with Gasteiger partial charge in [0.25, 0.3) is 5.91 Å². The Morgan fingerprint density at radius 1 is 0.884 bits per heavy atom. The fourth-order valence-electron chi connectivity index (χ4n) is 5.77. The number of hydrogen-bond acceptors (Lipinski definition) is 4. The van der Waals surface area contributed by atoms with Crippen molar-refractivity contribution in [1.29, 1.82) is 0 Å². The Bertz CT molecular complexity index is 1780. The predicted octanol–water partition coefficient (Wildman–Crippen LogP) is 3.36. The number of carboxylic acids is 2. The molecule has 1 saturated heterocycles. The molecule has 4 heterocycles. The van der Waals surface area contributed by atoms with Crippen molar-refractivity contribution < 1.29 is 29.4 Å².